The van der Waals surface area contributed by atoms with Gasteiger partial charge in [-0.2, -0.15) is 0 Å². The molecule has 0 saturated heterocycles. The maximum Gasteiger partial charge on any atom is 0.328 e. The maximum absolute atomic E-state index is 11.6. The highest BCUT2D eigenvalue weighted by Crippen LogP contribution is 2.25. The van der Waals surface area contributed by atoms with Gasteiger partial charge in [-0.3, -0.25) is 9.59 Å². The SMILES string of the molecule is CC(=O)NC1CCC(C(=O)/C=C/C(=O)O)CC1. The molecule has 5 heteroatoms. The Labute approximate surface area is 99.9 Å². The monoisotopic (exact) mass is 239 g/mol. The number of rotatable bonds is 4. The van der Waals surface area contributed by atoms with Gasteiger partial charge in [0.2, 0.25) is 5.91 Å². The van der Waals surface area contributed by atoms with Crippen LogP contribution in [0.15, 0.2) is 12.2 Å². The first-order chi connectivity index (χ1) is 7.99. The van der Waals surface area contributed by atoms with Crippen LogP contribution in [0.5, 0.6) is 0 Å². The minimum Gasteiger partial charge on any atom is -0.478 e. The van der Waals surface area contributed by atoms with Gasteiger partial charge in [-0.15, -0.1) is 0 Å². The van der Waals surface area contributed by atoms with Crippen molar-refractivity contribution in [3.63, 3.8) is 0 Å². The zero-order chi connectivity index (χ0) is 12.8. The van der Waals surface area contributed by atoms with Crippen LogP contribution in [0.25, 0.3) is 0 Å². The number of carboxylic acids is 1. The molecule has 0 radical (unpaired) electrons. The first kappa shape index (κ1) is 13.4. The molecule has 1 rings (SSSR count). The van der Waals surface area contributed by atoms with Crippen LogP contribution in [-0.2, 0) is 14.4 Å². The molecular formula is C12H17NO4. The fourth-order valence-electron chi connectivity index (χ4n) is 2.10. The van der Waals surface area contributed by atoms with E-state index in [-0.39, 0.29) is 23.7 Å². The lowest BCUT2D eigenvalue weighted by atomic mass is 9.83. The lowest BCUT2D eigenvalue weighted by Gasteiger charge is -2.27. The van der Waals surface area contributed by atoms with Gasteiger partial charge in [-0.1, -0.05) is 0 Å². The fourth-order valence-corrected chi connectivity index (χ4v) is 2.10. The number of carbonyl (C=O) groups is 3. The molecule has 2 N–H and O–H groups in total. The summed E-state index contributed by atoms with van der Waals surface area (Å²) < 4.78 is 0. The minimum atomic E-state index is -1.11. The third kappa shape index (κ3) is 4.80. The van der Waals surface area contributed by atoms with E-state index in [4.69, 9.17) is 5.11 Å². The van der Waals surface area contributed by atoms with E-state index < -0.39 is 5.97 Å². The highest BCUT2D eigenvalue weighted by atomic mass is 16.4. The quantitative estimate of drug-likeness (QED) is 0.714. The van der Waals surface area contributed by atoms with Crippen molar-refractivity contribution in [2.24, 2.45) is 5.92 Å². The Morgan fingerprint density at radius 1 is 1.12 bits per heavy atom. The molecule has 0 spiro atoms. The summed E-state index contributed by atoms with van der Waals surface area (Å²) in [4.78, 5) is 32.7. The Morgan fingerprint density at radius 2 is 1.71 bits per heavy atom. The van der Waals surface area contributed by atoms with Gasteiger partial charge in [0.15, 0.2) is 5.78 Å². The van der Waals surface area contributed by atoms with E-state index in [1.54, 1.807) is 0 Å². The molecule has 94 valence electrons. The van der Waals surface area contributed by atoms with E-state index in [2.05, 4.69) is 5.32 Å². The van der Waals surface area contributed by atoms with Crippen molar-refractivity contribution in [1.82, 2.24) is 5.32 Å². The summed E-state index contributed by atoms with van der Waals surface area (Å²) in [6.07, 6.45) is 4.96. The molecule has 1 fully saturated rings. The second-order valence-corrected chi connectivity index (χ2v) is 4.32. The molecule has 1 aliphatic rings. The van der Waals surface area contributed by atoms with Crippen molar-refractivity contribution < 1.29 is 19.5 Å². The summed E-state index contributed by atoms with van der Waals surface area (Å²) in [7, 11) is 0. The van der Waals surface area contributed by atoms with E-state index >= 15 is 0 Å². The molecule has 0 bridgehead atoms. The largest absolute Gasteiger partial charge is 0.478 e. The van der Waals surface area contributed by atoms with Gasteiger partial charge in [-0.05, 0) is 31.8 Å². The van der Waals surface area contributed by atoms with E-state index in [1.807, 2.05) is 0 Å². The van der Waals surface area contributed by atoms with Gasteiger partial charge in [0, 0.05) is 25.0 Å². The first-order valence-corrected chi connectivity index (χ1v) is 5.71. The van der Waals surface area contributed by atoms with Crippen molar-refractivity contribution in [3.05, 3.63) is 12.2 Å². The van der Waals surface area contributed by atoms with Crippen LogP contribution in [0.3, 0.4) is 0 Å². The number of ketones is 1. The lowest BCUT2D eigenvalue weighted by molar-refractivity contribution is -0.132. The van der Waals surface area contributed by atoms with Crippen LogP contribution in [0.1, 0.15) is 32.6 Å². The topological polar surface area (TPSA) is 83.5 Å². The number of hydrogen-bond donors (Lipinski definition) is 2. The number of nitrogens with one attached hydrogen (secondary N) is 1. The van der Waals surface area contributed by atoms with Gasteiger partial charge in [0.05, 0.1) is 0 Å². The Kier molecular flexibility index (Phi) is 4.87. The van der Waals surface area contributed by atoms with Crippen molar-refractivity contribution in [3.8, 4) is 0 Å². The zero-order valence-electron chi connectivity index (χ0n) is 9.81. The molecular weight excluding hydrogens is 222 g/mol. The van der Waals surface area contributed by atoms with Crippen LogP contribution in [0, 0.1) is 5.92 Å². The van der Waals surface area contributed by atoms with E-state index in [0.717, 1.165) is 25.0 Å². The van der Waals surface area contributed by atoms with E-state index in [0.29, 0.717) is 12.8 Å². The van der Waals surface area contributed by atoms with Gasteiger partial charge < -0.3 is 10.4 Å². The summed E-state index contributed by atoms with van der Waals surface area (Å²) in [6, 6.07) is 0.153. The van der Waals surface area contributed by atoms with E-state index in [1.165, 1.54) is 6.92 Å². The molecule has 0 heterocycles. The highest BCUT2D eigenvalue weighted by molar-refractivity contribution is 5.96. The Balaban J connectivity index is 2.38. The molecule has 0 atom stereocenters. The molecule has 17 heavy (non-hydrogen) atoms. The predicted octanol–water partition coefficient (Wildman–Crippen LogP) is 0.891. The summed E-state index contributed by atoms with van der Waals surface area (Å²) >= 11 is 0. The lowest BCUT2D eigenvalue weighted by Crippen LogP contribution is -2.37. The minimum absolute atomic E-state index is 0.0504. The Bertz CT molecular complexity index is 340. The van der Waals surface area contributed by atoms with Crippen molar-refractivity contribution >= 4 is 17.7 Å². The zero-order valence-corrected chi connectivity index (χ0v) is 9.81. The number of amides is 1. The Morgan fingerprint density at radius 3 is 2.18 bits per heavy atom. The Hall–Kier alpha value is -1.65. The normalized spacial score (nSPS) is 24.5. The number of hydrogen-bond acceptors (Lipinski definition) is 3. The number of carbonyl (C=O) groups excluding carboxylic acids is 2. The molecule has 1 aliphatic carbocycles. The molecule has 0 unspecified atom stereocenters. The summed E-state index contributed by atoms with van der Waals surface area (Å²) in [5.41, 5.74) is 0. The fraction of sp³-hybridized carbons (Fsp3) is 0.583. The molecule has 0 aromatic rings. The smallest absolute Gasteiger partial charge is 0.328 e. The third-order valence-electron chi connectivity index (χ3n) is 2.93. The van der Waals surface area contributed by atoms with Crippen molar-refractivity contribution in [2.45, 2.75) is 38.6 Å². The van der Waals surface area contributed by atoms with Crippen molar-refractivity contribution in [2.75, 3.05) is 0 Å². The van der Waals surface area contributed by atoms with Crippen LogP contribution in [-0.4, -0.2) is 28.8 Å². The molecule has 0 aliphatic heterocycles. The van der Waals surface area contributed by atoms with Crippen molar-refractivity contribution in [1.29, 1.82) is 0 Å². The van der Waals surface area contributed by atoms with Gasteiger partial charge >= 0.3 is 5.97 Å². The molecule has 5 nitrogen and oxygen atoms in total. The summed E-state index contributed by atoms with van der Waals surface area (Å²) in [5, 5.41) is 11.2. The second-order valence-electron chi connectivity index (χ2n) is 4.32. The molecule has 0 aromatic heterocycles. The first-order valence-electron chi connectivity index (χ1n) is 5.71. The molecule has 1 saturated carbocycles. The van der Waals surface area contributed by atoms with Gasteiger partial charge in [-0.25, -0.2) is 4.79 Å². The van der Waals surface area contributed by atoms with Crippen LogP contribution < -0.4 is 5.32 Å². The highest BCUT2D eigenvalue weighted by Gasteiger charge is 2.25. The summed E-state index contributed by atoms with van der Waals surface area (Å²) in [5.74, 6) is -1.39. The van der Waals surface area contributed by atoms with Crippen LogP contribution >= 0.6 is 0 Å². The third-order valence-corrected chi connectivity index (χ3v) is 2.93. The number of allylic oxidation sites excluding steroid dienone is 1. The summed E-state index contributed by atoms with van der Waals surface area (Å²) in [6.45, 7) is 1.48. The molecule has 1 amide bonds. The second kappa shape index (κ2) is 6.18. The number of aliphatic carboxylic acids is 1. The molecule has 0 aromatic carbocycles. The number of carboxylic acid groups (broad SMARTS) is 1. The predicted molar refractivity (Wildman–Crippen MR) is 61.3 cm³/mol. The van der Waals surface area contributed by atoms with Crippen LogP contribution in [0.4, 0.5) is 0 Å². The van der Waals surface area contributed by atoms with Gasteiger partial charge in [0.1, 0.15) is 0 Å². The standard InChI is InChI=1S/C12H17NO4/c1-8(14)13-10-4-2-9(3-5-10)11(15)6-7-12(16)17/h6-7,9-10H,2-5H2,1H3,(H,13,14)(H,16,17)/b7-6+. The van der Waals surface area contributed by atoms with E-state index in [9.17, 15) is 14.4 Å². The maximum atomic E-state index is 11.6. The van der Waals surface area contributed by atoms with Crippen LogP contribution in [0.2, 0.25) is 0 Å². The average Bonchev–Trinajstić information content (AvgIpc) is 2.26. The van der Waals surface area contributed by atoms with Gasteiger partial charge in [0.25, 0.3) is 0 Å². The average molecular weight is 239 g/mol.